The van der Waals surface area contributed by atoms with Gasteiger partial charge < -0.3 is 20.1 Å². The number of esters is 1. The van der Waals surface area contributed by atoms with Crippen molar-refractivity contribution in [1.29, 1.82) is 0 Å². The highest BCUT2D eigenvalue weighted by molar-refractivity contribution is 5.97. The van der Waals surface area contributed by atoms with Crippen molar-refractivity contribution in [3.05, 3.63) is 65.2 Å². The smallest absolute Gasteiger partial charge is 0.392 e. The normalized spacial score (nSPS) is 11.9. The van der Waals surface area contributed by atoms with Gasteiger partial charge in [0.05, 0.1) is 19.6 Å². The lowest BCUT2D eigenvalue weighted by molar-refractivity contribution is -0.141. The minimum absolute atomic E-state index is 0.00206. The Hall–Kier alpha value is -3.56. The van der Waals surface area contributed by atoms with Crippen molar-refractivity contribution in [3.8, 4) is 5.75 Å². The summed E-state index contributed by atoms with van der Waals surface area (Å²) in [6.45, 7) is 2.75. The number of alkyl halides is 3. The van der Waals surface area contributed by atoms with Crippen LogP contribution in [0.1, 0.15) is 34.8 Å². The Morgan fingerprint density at radius 3 is 2.21 bits per heavy atom. The van der Waals surface area contributed by atoms with Crippen molar-refractivity contribution in [3.63, 3.8) is 0 Å². The van der Waals surface area contributed by atoms with Crippen molar-refractivity contribution < 1.29 is 37.0 Å². The van der Waals surface area contributed by atoms with Crippen LogP contribution in [0.2, 0.25) is 0 Å². The van der Waals surface area contributed by atoms with Crippen LogP contribution in [0.25, 0.3) is 0 Å². The fourth-order valence-corrected chi connectivity index (χ4v) is 2.89. The molecule has 0 aromatic heterocycles. The predicted octanol–water partition coefficient (Wildman–Crippen LogP) is 3.35. The Kier molecular flexibility index (Phi) is 9.91. The number of amides is 2. The molecule has 0 saturated heterocycles. The second-order valence-corrected chi connectivity index (χ2v) is 7.58. The first-order valence-corrected chi connectivity index (χ1v) is 10.6. The summed E-state index contributed by atoms with van der Waals surface area (Å²) in [5, 5.41) is 5.31. The van der Waals surface area contributed by atoms with Crippen LogP contribution in [0, 0.1) is 6.92 Å². The molecule has 0 heterocycles. The van der Waals surface area contributed by atoms with Crippen molar-refractivity contribution >= 4 is 17.8 Å². The number of rotatable bonds is 11. The summed E-state index contributed by atoms with van der Waals surface area (Å²) in [7, 11) is 0. The van der Waals surface area contributed by atoms with Crippen molar-refractivity contribution in [2.45, 2.75) is 38.9 Å². The molecule has 7 nitrogen and oxygen atoms in total. The monoisotopic (exact) mass is 480 g/mol. The van der Waals surface area contributed by atoms with Gasteiger partial charge in [-0.15, -0.1) is 0 Å². The first-order valence-electron chi connectivity index (χ1n) is 10.6. The summed E-state index contributed by atoms with van der Waals surface area (Å²) in [5.74, 6) is -1.26. The first kappa shape index (κ1) is 26.7. The molecular weight excluding hydrogens is 453 g/mol. The number of halogens is 3. The summed E-state index contributed by atoms with van der Waals surface area (Å²) in [6.07, 6.45) is -5.17. The zero-order valence-corrected chi connectivity index (χ0v) is 18.9. The third-order valence-corrected chi connectivity index (χ3v) is 4.66. The zero-order valence-electron chi connectivity index (χ0n) is 18.9. The summed E-state index contributed by atoms with van der Waals surface area (Å²) in [5.41, 5.74) is 2.09. The van der Waals surface area contributed by atoms with Crippen LogP contribution < -0.4 is 15.4 Å². The quantitative estimate of drug-likeness (QED) is 0.380. The highest BCUT2D eigenvalue weighted by atomic mass is 19.4. The van der Waals surface area contributed by atoms with E-state index in [2.05, 4.69) is 10.6 Å². The maximum absolute atomic E-state index is 12.7. The van der Waals surface area contributed by atoms with E-state index in [-0.39, 0.29) is 30.9 Å². The van der Waals surface area contributed by atoms with Gasteiger partial charge in [0.1, 0.15) is 18.4 Å². The molecule has 0 radical (unpaired) electrons. The molecule has 2 rings (SSSR count). The lowest BCUT2D eigenvalue weighted by Gasteiger charge is -2.19. The van der Waals surface area contributed by atoms with Crippen LogP contribution in [0.4, 0.5) is 13.2 Å². The van der Waals surface area contributed by atoms with Crippen molar-refractivity contribution in [2.75, 3.05) is 19.8 Å². The van der Waals surface area contributed by atoms with Gasteiger partial charge in [-0.05, 0) is 36.8 Å². The van der Waals surface area contributed by atoms with Crippen LogP contribution in [-0.4, -0.2) is 49.8 Å². The Labute approximate surface area is 195 Å². The summed E-state index contributed by atoms with van der Waals surface area (Å²) >= 11 is 0. The molecule has 0 aliphatic heterocycles. The topological polar surface area (TPSA) is 93.7 Å². The molecule has 2 aromatic rings. The zero-order chi connectivity index (χ0) is 25.1. The van der Waals surface area contributed by atoms with Crippen LogP contribution >= 0.6 is 0 Å². The number of ether oxygens (including phenoxy) is 2. The van der Waals surface area contributed by atoms with Crippen LogP contribution in [0.15, 0.2) is 48.5 Å². The van der Waals surface area contributed by atoms with Crippen LogP contribution in [0.3, 0.4) is 0 Å². The average molecular weight is 480 g/mol. The van der Waals surface area contributed by atoms with Gasteiger partial charge in [0, 0.05) is 18.9 Å². The largest absolute Gasteiger partial charge is 0.493 e. The van der Waals surface area contributed by atoms with E-state index in [1.807, 2.05) is 31.2 Å². The van der Waals surface area contributed by atoms with Gasteiger partial charge in [-0.3, -0.25) is 14.4 Å². The summed E-state index contributed by atoms with van der Waals surface area (Å²) in [4.78, 5) is 36.3. The van der Waals surface area contributed by atoms with Gasteiger partial charge in [-0.2, -0.15) is 13.2 Å². The Morgan fingerprint density at radius 1 is 0.971 bits per heavy atom. The molecule has 2 N–H and O–H groups in total. The number of carbonyl (C=O) groups excluding carboxylic acids is 3. The molecule has 2 aromatic carbocycles. The highest BCUT2D eigenvalue weighted by Gasteiger charge is 2.27. The maximum Gasteiger partial charge on any atom is 0.392 e. The summed E-state index contributed by atoms with van der Waals surface area (Å²) < 4.78 is 46.6. The van der Waals surface area contributed by atoms with Gasteiger partial charge in [0.15, 0.2) is 0 Å². The second kappa shape index (κ2) is 12.6. The molecule has 0 aliphatic carbocycles. The fraction of sp³-hybridized carbons (Fsp3) is 0.375. The standard InChI is InChI=1S/C24H27F3N2O5/c1-16-3-5-18(6-4-16)15-21(23(32)28-12-14-33-17(2)30)29-22(31)19-7-9-20(10-8-19)34-13-11-24(25,26)27/h3-10,21H,11-15H2,1-2H3,(H,28,32)(H,29,31). The second-order valence-electron chi connectivity index (χ2n) is 7.58. The molecule has 0 spiro atoms. The molecule has 10 heteroatoms. The molecule has 1 atom stereocenters. The fourth-order valence-electron chi connectivity index (χ4n) is 2.89. The minimum atomic E-state index is -4.31. The molecule has 34 heavy (non-hydrogen) atoms. The minimum Gasteiger partial charge on any atom is -0.493 e. The molecule has 0 aliphatic rings. The van der Waals surface area contributed by atoms with Gasteiger partial charge in [-0.1, -0.05) is 29.8 Å². The molecule has 0 bridgehead atoms. The molecule has 1 unspecified atom stereocenters. The van der Waals surface area contributed by atoms with E-state index in [4.69, 9.17) is 9.47 Å². The Bertz CT molecular complexity index is 960. The van der Waals surface area contributed by atoms with E-state index in [9.17, 15) is 27.6 Å². The lowest BCUT2D eigenvalue weighted by Crippen LogP contribution is -2.48. The lowest BCUT2D eigenvalue weighted by atomic mass is 10.0. The van der Waals surface area contributed by atoms with Crippen molar-refractivity contribution in [1.82, 2.24) is 10.6 Å². The molecule has 184 valence electrons. The number of aryl methyl sites for hydroxylation is 1. The van der Waals surface area contributed by atoms with Gasteiger partial charge in [-0.25, -0.2) is 0 Å². The average Bonchev–Trinajstić information content (AvgIpc) is 2.77. The third-order valence-electron chi connectivity index (χ3n) is 4.66. The molecule has 2 amide bonds. The molecule has 0 fully saturated rings. The summed E-state index contributed by atoms with van der Waals surface area (Å²) in [6, 6.07) is 12.2. The predicted molar refractivity (Wildman–Crippen MR) is 118 cm³/mol. The molecule has 0 saturated carbocycles. The number of benzene rings is 2. The van der Waals surface area contributed by atoms with E-state index >= 15 is 0 Å². The number of hydrogen-bond acceptors (Lipinski definition) is 5. The van der Waals surface area contributed by atoms with E-state index < -0.39 is 43.0 Å². The van der Waals surface area contributed by atoms with Gasteiger partial charge >= 0.3 is 12.1 Å². The highest BCUT2D eigenvalue weighted by Crippen LogP contribution is 2.20. The first-order chi connectivity index (χ1) is 16.0. The number of nitrogens with one attached hydrogen (secondary N) is 2. The maximum atomic E-state index is 12.7. The van der Waals surface area contributed by atoms with E-state index in [0.717, 1.165) is 11.1 Å². The van der Waals surface area contributed by atoms with Crippen molar-refractivity contribution in [2.24, 2.45) is 0 Å². The van der Waals surface area contributed by atoms with Gasteiger partial charge in [0.25, 0.3) is 5.91 Å². The third kappa shape index (κ3) is 9.93. The van der Waals surface area contributed by atoms with Gasteiger partial charge in [0.2, 0.25) is 5.91 Å². The number of carbonyl (C=O) groups is 3. The van der Waals surface area contributed by atoms with Crippen LogP contribution in [0.5, 0.6) is 5.75 Å². The molecular formula is C24H27F3N2O5. The number of hydrogen-bond donors (Lipinski definition) is 2. The Balaban J connectivity index is 2.02. The Morgan fingerprint density at radius 2 is 1.62 bits per heavy atom. The van der Waals surface area contributed by atoms with E-state index in [1.165, 1.54) is 31.2 Å². The van der Waals surface area contributed by atoms with E-state index in [0.29, 0.717) is 0 Å². The van der Waals surface area contributed by atoms with Crippen LogP contribution in [-0.2, 0) is 20.7 Å². The van der Waals surface area contributed by atoms with E-state index in [1.54, 1.807) is 0 Å². The SMILES string of the molecule is CC(=O)OCCNC(=O)C(Cc1ccc(C)cc1)NC(=O)c1ccc(OCCC(F)(F)F)cc1.